The van der Waals surface area contributed by atoms with E-state index in [1.54, 1.807) is 7.11 Å². The Hall–Kier alpha value is -1.39. The Morgan fingerprint density at radius 2 is 2.17 bits per heavy atom. The van der Waals surface area contributed by atoms with Crippen LogP contribution in [0.4, 0.5) is 0 Å². The molecule has 1 atom stereocenters. The predicted molar refractivity (Wildman–Crippen MR) is 70.5 cm³/mol. The maximum atomic E-state index is 10.7. The van der Waals surface area contributed by atoms with E-state index in [0.717, 1.165) is 11.1 Å². The summed E-state index contributed by atoms with van der Waals surface area (Å²) in [6, 6.07) is 7.27. The number of carboxylic acids is 1. The van der Waals surface area contributed by atoms with Crippen LogP contribution in [0.3, 0.4) is 0 Å². The van der Waals surface area contributed by atoms with Gasteiger partial charge >= 0.3 is 5.97 Å². The van der Waals surface area contributed by atoms with E-state index in [1.165, 1.54) is 0 Å². The molecule has 1 aromatic carbocycles. The Balaban J connectivity index is 2.95. The lowest BCUT2D eigenvalue weighted by Crippen LogP contribution is -2.24. The molecule has 4 nitrogen and oxygen atoms in total. The first-order valence-corrected chi connectivity index (χ1v) is 5.93. The van der Waals surface area contributed by atoms with E-state index in [4.69, 9.17) is 15.6 Å². The average Bonchev–Trinajstić information content (AvgIpc) is 2.28. The van der Waals surface area contributed by atoms with Crippen molar-refractivity contribution < 1.29 is 14.6 Å². The van der Waals surface area contributed by atoms with Gasteiger partial charge < -0.3 is 15.6 Å². The van der Waals surface area contributed by atoms with Gasteiger partial charge in [-0.2, -0.15) is 0 Å². The number of carbonyl (C=O) groups is 1. The van der Waals surface area contributed by atoms with Crippen LogP contribution >= 0.6 is 0 Å². The highest BCUT2D eigenvalue weighted by Gasteiger charge is 2.21. The minimum atomic E-state index is -0.885. The van der Waals surface area contributed by atoms with Crippen LogP contribution in [-0.2, 0) is 14.9 Å². The van der Waals surface area contributed by atoms with Crippen LogP contribution in [0.5, 0.6) is 0 Å². The van der Waals surface area contributed by atoms with Crippen molar-refractivity contribution in [2.45, 2.75) is 31.7 Å². The molecule has 4 heteroatoms. The van der Waals surface area contributed by atoms with Crippen LogP contribution in [0.25, 0.3) is 0 Å². The van der Waals surface area contributed by atoms with Gasteiger partial charge in [0.2, 0.25) is 0 Å². The molecule has 0 aliphatic heterocycles. The van der Waals surface area contributed by atoms with Crippen molar-refractivity contribution in [3.63, 3.8) is 0 Å². The van der Waals surface area contributed by atoms with Crippen LogP contribution in [0.2, 0.25) is 0 Å². The molecular formula is C14H21NO3. The van der Waals surface area contributed by atoms with Crippen molar-refractivity contribution in [2.24, 2.45) is 5.73 Å². The van der Waals surface area contributed by atoms with Gasteiger partial charge in [-0.15, -0.1) is 0 Å². The smallest absolute Gasteiger partial charge is 0.305 e. The number of methoxy groups -OCH3 is 1. The molecular weight excluding hydrogens is 230 g/mol. The second-order valence-corrected chi connectivity index (χ2v) is 5.15. The van der Waals surface area contributed by atoms with Crippen molar-refractivity contribution >= 4 is 5.97 Å². The minimum absolute atomic E-state index is 0.0613. The first-order chi connectivity index (χ1) is 8.36. The fraction of sp³-hybridized carbons (Fsp3) is 0.500. The predicted octanol–water partition coefficient (Wildman–Crippen LogP) is 2.09. The van der Waals surface area contributed by atoms with Crippen LogP contribution in [0.15, 0.2) is 24.3 Å². The van der Waals surface area contributed by atoms with Crippen molar-refractivity contribution in [3.05, 3.63) is 35.4 Å². The Morgan fingerprint density at radius 1 is 1.50 bits per heavy atom. The molecule has 0 heterocycles. The highest BCUT2D eigenvalue weighted by molar-refractivity contribution is 5.67. The van der Waals surface area contributed by atoms with E-state index in [0.29, 0.717) is 6.61 Å². The summed E-state index contributed by atoms with van der Waals surface area (Å²) in [5.74, 6) is -0.885. The number of hydrogen-bond donors (Lipinski definition) is 2. The lowest BCUT2D eigenvalue weighted by atomic mass is 9.84. The number of aliphatic carboxylic acids is 1. The topological polar surface area (TPSA) is 72.5 Å². The van der Waals surface area contributed by atoms with Crippen LogP contribution in [0.1, 0.15) is 37.4 Å². The van der Waals surface area contributed by atoms with E-state index in [9.17, 15) is 4.79 Å². The molecule has 0 aromatic heterocycles. The Bertz CT molecular complexity index is 415. The molecule has 0 amide bonds. The van der Waals surface area contributed by atoms with Crippen molar-refractivity contribution in [3.8, 4) is 0 Å². The summed E-state index contributed by atoms with van der Waals surface area (Å²) < 4.78 is 5.20. The molecule has 0 fully saturated rings. The Kier molecular flexibility index (Phi) is 4.87. The molecule has 0 saturated heterocycles. The average molecular weight is 251 g/mol. The van der Waals surface area contributed by atoms with Crippen molar-refractivity contribution in [2.75, 3.05) is 13.7 Å². The van der Waals surface area contributed by atoms with Crippen molar-refractivity contribution in [1.82, 2.24) is 0 Å². The van der Waals surface area contributed by atoms with Gasteiger partial charge in [-0.3, -0.25) is 4.79 Å². The quantitative estimate of drug-likeness (QED) is 0.812. The molecule has 0 radical (unpaired) electrons. The largest absolute Gasteiger partial charge is 0.481 e. The minimum Gasteiger partial charge on any atom is -0.481 e. The normalized spacial score (nSPS) is 13.3. The lowest BCUT2D eigenvalue weighted by molar-refractivity contribution is -0.137. The molecule has 0 aliphatic carbocycles. The maximum absolute atomic E-state index is 10.7. The highest BCUT2D eigenvalue weighted by Crippen LogP contribution is 2.26. The summed E-state index contributed by atoms with van der Waals surface area (Å²) in [5.41, 5.74) is 7.70. The van der Waals surface area contributed by atoms with E-state index >= 15 is 0 Å². The van der Waals surface area contributed by atoms with Crippen LogP contribution in [-0.4, -0.2) is 24.8 Å². The van der Waals surface area contributed by atoms with E-state index in [1.807, 2.05) is 24.3 Å². The molecule has 18 heavy (non-hydrogen) atoms. The number of carboxylic acid groups (broad SMARTS) is 1. The SMILES string of the molecule is COCC(C)(C)c1cccc(C(N)CC(=O)O)c1. The maximum Gasteiger partial charge on any atom is 0.305 e. The van der Waals surface area contributed by atoms with Crippen molar-refractivity contribution in [1.29, 1.82) is 0 Å². The van der Waals surface area contributed by atoms with Crippen LogP contribution < -0.4 is 5.73 Å². The van der Waals surface area contributed by atoms with Gasteiger partial charge in [0.25, 0.3) is 0 Å². The number of benzene rings is 1. The summed E-state index contributed by atoms with van der Waals surface area (Å²) in [6.45, 7) is 4.77. The molecule has 0 aliphatic rings. The van der Waals surface area contributed by atoms with Gasteiger partial charge in [0, 0.05) is 18.6 Å². The fourth-order valence-electron chi connectivity index (χ4n) is 1.94. The molecule has 3 N–H and O–H groups in total. The molecule has 0 bridgehead atoms. The van der Waals surface area contributed by atoms with E-state index < -0.39 is 12.0 Å². The first-order valence-electron chi connectivity index (χ1n) is 5.93. The molecule has 1 rings (SSSR count). The van der Waals surface area contributed by atoms with E-state index in [-0.39, 0.29) is 11.8 Å². The summed E-state index contributed by atoms with van der Waals surface area (Å²) in [7, 11) is 1.67. The molecule has 1 aromatic rings. The number of hydrogen-bond acceptors (Lipinski definition) is 3. The van der Waals surface area contributed by atoms with Crippen LogP contribution in [0, 0.1) is 0 Å². The Labute approximate surface area is 108 Å². The fourth-order valence-corrected chi connectivity index (χ4v) is 1.94. The Morgan fingerprint density at radius 3 is 2.72 bits per heavy atom. The third kappa shape index (κ3) is 3.82. The van der Waals surface area contributed by atoms with Gasteiger partial charge in [0.05, 0.1) is 13.0 Å². The standard InChI is InChI=1S/C14H21NO3/c1-14(2,9-18-3)11-6-4-5-10(7-11)12(15)8-13(16)17/h4-7,12H,8-9,15H2,1-3H3,(H,16,17). The molecule has 0 spiro atoms. The second-order valence-electron chi connectivity index (χ2n) is 5.15. The van der Waals surface area contributed by atoms with E-state index in [2.05, 4.69) is 13.8 Å². The summed E-state index contributed by atoms with van der Waals surface area (Å²) >= 11 is 0. The van der Waals surface area contributed by atoms with Gasteiger partial charge in [-0.1, -0.05) is 38.1 Å². The number of rotatable bonds is 6. The molecule has 0 saturated carbocycles. The summed E-state index contributed by atoms with van der Waals surface area (Å²) in [4.78, 5) is 10.7. The summed E-state index contributed by atoms with van der Waals surface area (Å²) in [5, 5.41) is 8.76. The highest BCUT2D eigenvalue weighted by atomic mass is 16.5. The first kappa shape index (κ1) is 14.7. The molecule has 100 valence electrons. The van der Waals surface area contributed by atoms with Gasteiger partial charge in [-0.25, -0.2) is 0 Å². The monoisotopic (exact) mass is 251 g/mol. The lowest BCUT2D eigenvalue weighted by Gasteiger charge is -2.25. The number of ether oxygens (including phenoxy) is 1. The van der Waals surface area contributed by atoms with Gasteiger partial charge in [0.1, 0.15) is 0 Å². The molecule has 1 unspecified atom stereocenters. The van der Waals surface area contributed by atoms with Gasteiger partial charge in [-0.05, 0) is 11.1 Å². The van der Waals surface area contributed by atoms with Gasteiger partial charge in [0.15, 0.2) is 0 Å². The zero-order chi connectivity index (χ0) is 13.8. The zero-order valence-electron chi connectivity index (χ0n) is 11.1. The number of nitrogens with two attached hydrogens (primary N) is 1. The third-order valence-corrected chi connectivity index (χ3v) is 3.00. The second kappa shape index (κ2) is 5.98. The summed E-state index contributed by atoms with van der Waals surface area (Å²) in [6.07, 6.45) is -0.0613. The third-order valence-electron chi connectivity index (χ3n) is 3.00. The zero-order valence-corrected chi connectivity index (χ0v) is 11.1.